The average molecular weight is 573 g/mol. The lowest BCUT2D eigenvalue weighted by atomic mass is 10.0. The highest BCUT2D eigenvalue weighted by Crippen LogP contribution is 2.24. The molecule has 8 nitrogen and oxygen atoms in total. The molecular formula is C29H34F2N4O4S. The highest BCUT2D eigenvalue weighted by atomic mass is 32.2. The van der Waals surface area contributed by atoms with Crippen LogP contribution in [0.25, 0.3) is 0 Å². The van der Waals surface area contributed by atoms with Crippen LogP contribution in [0.1, 0.15) is 25.0 Å². The summed E-state index contributed by atoms with van der Waals surface area (Å²) in [5.74, 6) is -2.48. The molecule has 0 spiro atoms. The number of hydrogen-bond donors (Lipinski definition) is 1. The van der Waals surface area contributed by atoms with Crippen molar-refractivity contribution in [2.45, 2.75) is 38.9 Å². The van der Waals surface area contributed by atoms with Crippen molar-refractivity contribution in [2.24, 2.45) is 0 Å². The zero-order chi connectivity index (χ0) is 29.4. The standard InChI is InChI=1S/C29H34F2N4O4S/c1-21(2)32-29(37)27(18-22-10-6-5-7-11-22)34(19-23-14-16-24(30)17-15-23)28(36)20-35(40(38,39)33(3)4)26-13-9-8-12-25(26)31/h5-17,21,27H,18-20H2,1-4H3,(H,32,37)/t27-/m0/s1. The van der Waals surface area contributed by atoms with Crippen molar-refractivity contribution >= 4 is 27.7 Å². The third-order valence-corrected chi connectivity index (χ3v) is 7.91. The minimum atomic E-state index is -4.32. The highest BCUT2D eigenvalue weighted by Gasteiger charge is 2.35. The number of carbonyl (C=O) groups is 2. The van der Waals surface area contributed by atoms with Crippen LogP contribution < -0.4 is 9.62 Å². The molecule has 11 heteroatoms. The van der Waals surface area contributed by atoms with Crippen LogP contribution in [0.3, 0.4) is 0 Å². The van der Waals surface area contributed by atoms with Gasteiger partial charge in [-0.1, -0.05) is 54.6 Å². The summed E-state index contributed by atoms with van der Waals surface area (Å²) in [6.07, 6.45) is 0.131. The molecule has 2 amide bonds. The topological polar surface area (TPSA) is 90.0 Å². The van der Waals surface area contributed by atoms with E-state index in [4.69, 9.17) is 0 Å². The van der Waals surface area contributed by atoms with Gasteiger partial charge in [0.1, 0.15) is 24.2 Å². The van der Waals surface area contributed by atoms with Crippen LogP contribution in [0.5, 0.6) is 0 Å². The van der Waals surface area contributed by atoms with E-state index >= 15 is 0 Å². The van der Waals surface area contributed by atoms with E-state index in [-0.39, 0.29) is 24.7 Å². The monoisotopic (exact) mass is 572 g/mol. The van der Waals surface area contributed by atoms with E-state index in [9.17, 15) is 26.8 Å². The number of para-hydroxylation sites is 1. The SMILES string of the molecule is CC(C)NC(=O)[C@H](Cc1ccccc1)N(Cc1ccc(F)cc1)C(=O)CN(c1ccccc1F)S(=O)(=O)N(C)C. The number of nitrogens with one attached hydrogen (secondary N) is 1. The molecule has 3 aromatic carbocycles. The van der Waals surface area contributed by atoms with Gasteiger partial charge >= 0.3 is 10.2 Å². The van der Waals surface area contributed by atoms with Crippen LogP contribution in [-0.2, 0) is 32.8 Å². The van der Waals surface area contributed by atoms with E-state index in [0.29, 0.717) is 9.87 Å². The summed E-state index contributed by atoms with van der Waals surface area (Å²) < 4.78 is 56.6. The van der Waals surface area contributed by atoms with Crippen LogP contribution in [-0.4, -0.2) is 62.2 Å². The van der Waals surface area contributed by atoms with Crippen molar-refractivity contribution in [1.29, 1.82) is 0 Å². The number of nitrogens with zero attached hydrogens (tertiary/aromatic N) is 3. The van der Waals surface area contributed by atoms with Gasteiger partial charge in [-0.2, -0.15) is 12.7 Å². The van der Waals surface area contributed by atoms with Crippen LogP contribution in [0.4, 0.5) is 14.5 Å². The number of benzene rings is 3. The maximum Gasteiger partial charge on any atom is 0.304 e. The van der Waals surface area contributed by atoms with E-state index in [2.05, 4.69) is 5.32 Å². The molecule has 214 valence electrons. The van der Waals surface area contributed by atoms with E-state index in [1.807, 2.05) is 30.3 Å². The Morgan fingerprint density at radius 1 is 0.850 bits per heavy atom. The van der Waals surface area contributed by atoms with Gasteiger partial charge in [0.15, 0.2) is 0 Å². The lowest BCUT2D eigenvalue weighted by Crippen LogP contribution is -2.55. The second kappa shape index (κ2) is 13.5. The molecular weight excluding hydrogens is 538 g/mol. The summed E-state index contributed by atoms with van der Waals surface area (Å²) in [6, 6.07) is 18.5. The first-order valence-electron chi connectivity index (χ1n) is 12.7. The van der Waals surface area contributed by atoms with Crippen molar-refractivity contribution in [3.8, 4) is 0 Å². The fourth-order valence-electron chi connectivity index (χ4n) is 4.08. The largest absolute Gasteiger partial charge is 0.352 e. The molecule has 0 saturated heterocycles. The fraction of sp³-hybridized carbons (Fsp3) is 0.310. The maximum absolute atomic E-state index is 14.8. The number of amides is 2. The second-order valence-corrected chi connectivity index (χ2v) is 11.8. The zero-order valence-corrected chi connectivity index (χ0v) is 23.7. The summed E-state index contributed by atoms with van der Waals surface area (Å²) in [6.45, 7) is 2.68. The van der Waals surface area contributed by atoms with Crippen molar-refractivity contribution in [3.63, 3.8) is 0 Å². The zero-order valence-electron chi connectivity index (χ0n) is 22.9. The van der Waals surface area contributed by atoms with E-state index < -0.39 is 46.2 Å². The number of carbonyl (C=O) groups excluding carboxylic acids is 2. The molecule has 0 aliphatic carbocycles. The molecule has 3 aromatic rings. The van der Waals surface area contributed by atoms with E-state index in [1.54, 1.807) is 13.8 Å². The van der Waals surface area contributed by atoms with Gasteiger partial charge in [-0.15, -0.1) is 0 Å². The van der Waals surface area contributed by atoms with E-state index in [0.717, 1.165) is 15.9 Å². The molecule has 0 radical (unpaired) electrons. The maximum atomic E-state index is 14.8. The molecule has 0 bridgehead atoms. The minimum absolute atomic E-state index is 0.116. The summed E-state index contributed by atoms with van der Waals surface area (Å²) in [7, 11) is -1.76. The number of halogens is 2. The first-order chi connectivity index (χ1) is 18.9. The molecule has 3 rings (SSSR count). The molecule has 0 heterocycles. The van der Waals surface area contributed by atoms with Crippen molar-refractivity contribution < 1.29 is 26.8 Å². The molecule has 0 unspecified atom stereocenters. The lowest BCUT2D eigenvalue weighted by molar-refractivity contribution is -0.140. The first kappa shape index (κ1) is 30.7. The van der Waals surface area contributed by atoms with Gasteiger partial charge in [0.25, 0.3) is 0 Å². The smallest absolute Gasteiger partial charge is 0.304 e. The number of rotatable bonds is 12. The minimum Gasteiger partial charge on any atom is -0.352 e. The molecule has 0 aliphatic rings. The Kier molecular flexibility index (Phi) is 10.4. The van der Waals surface area contributed by atoms with Crippen LogP contribution in [0.2, 0.25) is 0 Å². The number of anilines is 1. The van der Waals surface area contributed by atoms with Crippen molar-refractivity contribution in [2.75, 3.05) is 24.9 Å². The molecule has 1 atom stereocenters. The molecule has 0 saturated carbocycles. The Bertz CT molecular complexity index is 1400. The third-order valence-electron chi connectivity index (χ3n) is 6.11. The predicted molar refractivity (Wildman–Crippen MR) is 151 cm³/mol. The normalized spacial score (nSPS) is 12.3. The van der Waals surface area contributed by atoms with Crippen LogP contribution in [0.15, 0.2) is 78.9 Å². The summed E-state index contributed by atoms with van der Waals surface area (Å²) in [4.78, 5) is 28.8. The van der Waals surface area contributed by atoms with Crippen molar-refractivity contribution in [3.05, 3.63) is 102 Å². The van der Waals surface area contributed by atoms with Gasteiger partial charge in [0.2, 0.25) is 11.8 Å². The Hall–Kier alpha value is -3.83. The first-order valence-corrected chi connectivity index (χ1v) is 14.1. The van der Waals surface area contributed by atoms with Crippen LogP contribution >= 0.6 is 0 Å². The van der Waals surface area contributed by atoms with Gasteiger partial charge in [0.05, 0.1) is 5.69 Å². The predicted octanol–water partition coefficient (Wildman–Crippen LogP) is 3.74. The molecule has 0 fully saturated rings. The molecule has 0 aliphatic heterocycles. The molecule has 40 heavy (non-hydrogen) atoms. The Labute approximate surface area is 234 Å². The number of hydrogen-bond acceptors (Lipinski definition) is 4. The highest BCUT2D eigenvalue weighted by molar-refractivity contribution is 7.90. The fourth-order valence-corrected chi connectivity index (χ4v) is 5.14. The van der Waals surface area contributed by atoms with Gasteiger partial charge in [-0.3, -0.25) is 9.59 Å². The summed E-state index contributed by atoms with van der Waals surface area (Å²) >= 11 is 0. The van der Waals surface area contributed by atoms with Gasteiger partial charge in [-0.25, -0.2) is 13.1 Å². The van der Waals surface area contributed by atoms with Gasteiger partial charge in [0, 0.05) is 33.1 Å². The van der Waals surface area contributed by atoms with Gasteiger partial charge < -0.3 is 10.2 Å². The second-order valence-electron chi connectivity index (χ2n) is 9.77. The Morgan fingerprint density at radius 3 is 2.02 bits per heavy atom. The van der Waals surface area contributed by atoms with Crippen LogP contribution in [0, 0.1) is 11.6 Å². The third kappa shape index (κ3) is 7.86. The molecule has 1 N–H and O–H groups in total. The van der Waals surface area contributed by atoms with E-state index in [1.165, 1.54) is 61.5 Å². The van der Waals surface area contributed by atoms with Gasteiger partial charge in [-0.05, 0) is 49.2 Å². The Morgan fingerprint density at radius 2 is 1.45 bits per heavy atom. The molecule has 0 aromatic heterocycles. The Balaban J connectivity index is 2.10. The average Bonchev–Trinajstić information content (AvgIpc) is 2.90. The van der Waals surface area contributed by atoms with Crippen molar-refractivity contribution in [1.82, 2.24) is 14.5 Å². The lowest BCUT2D eigenvalue weighted by Gasteiger charge is -2.34. The summed E-state index contributed by atoms with van der Waals surface area (Å²) in [5, 5.41) is 2.84. The quantitative estimate of drug-likeness (QED) is 0.358. The summed E-state index contributed by atoms with van der Waals surface area (Å²) in [5.41, 5.74) is 0.991.